The number of hydrogen-bond donors (Lipinski definition) is 1. The van der Waals surface area contributed by atoms with Crippen molar-refractivity contribution in [3.05, 3.63) is 65.5 Å². The van der Waals surface area contributed by atoms with Crippen molar-refractivity contribution in [2.75, 3.05) is 11.9 Å². The zero-order valence-corrected chi connectivity index (χ0v) is 10.8. The summed E-state index contributed by atoms with van der Waals surface area (Å²) in [4.78, 5) is 12.3. The Morgan fingerprint density at radius 3 is 2.70 bits per heavy atom. The molecule has 102 valence electrons. The van der Waals surface area contributed by atoms with Gasteiger partial charge in [0.1, 0.15) is 5.82 Å². The van der Waals surface area contributed by atoms with E-state index >= 15 is 0 Å². The normalized spacial score (nSPS) is 17.4. The number of anilines is 1. The number of ether oxygens (including phenoxy) is 1. The number of hydrogen-bond acceptors (Lipinski definition) is 2. The Morgan fingerprint density at radius 2 is 1.90 bits per heavy atom. The first kappa shape index (κ1) is 12.8. The van der Waals surface area contributed by atoms with Gasteiger partial charge in [-0.1, -0.05) is 24.3 Å². The maximum Gasteiger partial charge on any atom is 0.258 e. The number of carbonyl (C=O) groups is 1. The third-order valence-electron chi connectivity index (χ3n) is 3.34. The highest BCUT2D eigenvalue weighted by atomic mass is 19.1. The van der Waals surface area contributed by atoms with Crippen LogP contribution in [0, 0.1) is 5.82 Å². The summed E-state index contributed by atoms with van der Waals surface area (Å²) in [7, 11) is 0. The first-order chi connectivity index (χ1) is 9.74. The molecule has 0 bridgehead atoms. The smallest absolute Gasteiger partial charge is 0.258 e. The fourth-order valence-electron chi connectivity index (χ4n) is 2.35. The van der Waals surface area contributed by atoms with Crippen molar-refractivity contribution in [3.8, 4) is 0 Å². The Morgan fingerprint density at radius 1 is 1.15 bits per heavy atom. The highest BCUT2D eigenvalue weighted by molar-refractivity contribution is 5.95. The lowest BCUT2D eigenvalue weighted by Crippen LogP contribution is -2.28. The quantitative estimate of drug-likeness (QED) is 0.911. The monoisotopic (exact) mass is 271 g/mol. The Labute approximate surface area is 116 Å². The summed E-state index contributed by atoms with van der Waals surface area (Å²) in [5.41, 5.74) is 2.60. The van der Waals surface area contributed by atoms with Crippen LogP contribution in [0.3, 0.4) is 0 Å². The maximum atomic E-state index is 12.8. The molecule has 1 amide bonds. The Bertz CT molecular complexity index is 625. The van der Waals surface area contributed by atoms with Gasteiger partial charge in [0.25, 0.3) is 5.91 Å². The molecule has 0 spiro atoms. The summed E-state index contributed by atoms with van der Waals surface area (Å²) in [5.74, 6) is -0.564. The molecular weight excluding hydrogens is 257 g/mol. The predicted octanol–water partition coefficient (Wildman–Crippen LogP) is 3.08. The van der Waals surface area contributed by atoms with Crippen LogP contribution in [-0.2, 0) is 16.0 Å². The van der Waals surface area contributed by atoms with Crippen LogP contribution < -0.4 is 5.32 Å². The van der Waals surface area contributed by atoms with Crippen LogP contribution in [0.5, 0.6) is 0 Å². The summed E-state index contributed by atoms with van der Waals surface area (Å²) in [6, 6.07) is 13.4. The van der Waals surface area contributed by atoms with E-state index in [0.29, 0.717) is 12.3 Å². The number of benzene rings is 2. The molecule has 3 rings (SSSR count). The van der Waals surface area contributed by atoms with E-state index < -0.39 is 6.10 Å². The van der Waals surface area contributed by atoms with Gasteiger partial charge in [-0.2, -0.15) is 0 Å². The molecule has 2 aromatic carbocycles. The van der Waals surface area contributed by atoms with Crippen LogP contribution >= 0.6 is 0 Å². The van der Waals surface area contributed by atoms with Crippen molar-refractivity contribution in [1.82, 2.24) is 0 Å². The number of rotatable bonds is 2. The molecule has 0 aliphatic carbocycles. The van der Waals surface area contributed by atoms with Crippen LogP contribution in [-0.4, -0.2) is 12.5 Å². The van der Waals surface area contributed by atoms with E-state index in [1.54, 1.807) is 0 Å². The third-order valence-corrected chi connectivity index (χ3v) is 3.34. The van der Waals surface area contributed by atoms with E-state index in [1.807, 2.05) is 24.3 Å². The Hall–Kier alpha value is -2.20. The Kier molecular flexibility index (Phi) is 3.48. The molecule has 1 aliphatic heterocycles. The van der Waals surface area contributed by atoms with E-state index in [-0.39, 0.29) is 11.7 Å². The van der Waals surface area contributed by atoms with Gasteiger partial charge < -0.3 is 10.1 Å². The number of nitrogens with one attached hydrogen (secondary N) is 1. The summed E-state index contributed by atoms with van der Waals surface area (Å²) < 4.78 is 18.4. The van der Waals surface area contributed by atoms with E-state index in [4.69, 9.17) is 4.74 Å². The zero-order chi connectivity index (χ0) is 13.9. The fraction of sp³-hybridized carbons (Fsp3) is 0.188. The first-order valence-corrected chi connectivity index (χ1v) is 6.50. The lowest BCUT2D eigenvalue weighted by Gasteiger charge is -2.25. The molecule has 1 heterocycles. The van der Waals surface area contributed by atoms with Crippen molar-refractivity contribution in [3.63, 3.8) is 0 Å². The van der Waals surface area contributed by atoms with Gasteiger partial charge in [-0.05, 0) is 41.8 Å². The number of amides is 1. The van der Waals surface area contributed by atoms with Crippen LogP contribution in [0.4, 0.5) is 10.1 Å². The fourth-order valence-corrected chi connectivity index (χ4v) is 2.35. The molecule has 1 atom stereocenters. The van der Waals surface area contributed by atoms with Crippen molar-refractivity contribution in [2.24, 2.45) is 0 Å². The molecule has 0 fully saturated rings. The zero-order valence-electron chi connectivity index (χ0n) is 10.8. The minimum atomic E-state index is -0.606. The Balaban J connectivity index is 1.80. The molecular formula is C16H14FNO2. The second-order valence-corrected chi connectivity index (χ2v) is 4.70. The first-order valence-electron chi connectivity index (χ1n) is 6.50. The summed E-state index contributed by atoms with van der Waals surface area (Å²) >= 11 is 0. The van der Waals surface area contributed by atoms with E-state index in [0.717, 1.165) is 17.5 Å². The lowest BCUT2D eigenvalue weighted by molar-refractivity contribution is -0.128. The van der Waals surface area contributed by atoms with Gasteiger partial charge in [0, 0.05) is 5.69 Å². The number of carbonyl (C=O) groups excluding carboxylic acids is 1. The molecule has 1 unspecified atom stereocenters. The van der Waals surface area contributed by atoms with Gasteiger partial charge in [0.2, 0.25) is 0 Å². The third kappa shape index (κ3) is 2.56. The molecule has 2 aromatic rings. The van der Waals surface area contributed by atoms with Crippen LogP contribution in [0.15, 0.2) is 48.5 Å². The van der Waals surface area contributed by atoms with Crippen molar-refractivity contribution >= 4 is 11.6 Å². The van der Waals surface area contributed by atoms with Gasteiger partial charge in [-0.15, -0.1) is 0 Å². The van der Waals surface area contributed by atoms with Crippen molar-refractivity contribution < 1.29 is 13.9 Å². The average Bonchev–Trinajstić information content (AvgIpc) is 2.49. The molecule has 1 N–H and O–H groups in total. The minimum absolute atomic E-state index is 0.233. The molecule has 1 aliphatic rings. The van der Waals surface area contributed by atoms with Crippen LogP contribution in [0.25, 0.3) is 0 Å². The van der Waals surface area contributed by atoms with Gasteiger partial charge in [0.15, 0.2) is 6.10 Å². The minimum Gasteiger partial charge on any atom is -0.363 e. The van der Waals surface area contributed by atoms with Gasteiger partial charge in [-0.25, -0.2) is 4.39 Å². The van der Waals surface area contributed by atoms with Crippen molar-refractivity contribution in [1.29, 1.82) is 0 Å². The number of halogens is 1. The molecule has 0 radical (unpaired) electrons. The predicted molar refractivity (Wildman–Crippen MR) is 73.9 cm³/mol. The summed E-state index contributed by atoms with van der Waals surface area (Å²) in [6.45, 7) is 0.526. The molecule has 0 aromatic heterocycles. The van der Waals surface area contributed by atoms with Crippen LogP contribution in [0.2, 0.25) is 0 Å². The lowest BCUT2D eigenvalue weighted by atomic mass is 9.97. The molecule has 3 nitrogen and oxygen atoms in total. The number of fused-ring (bicyclic) bond motifs is 1. The summed E-state index contributed by atoms with van der Waals surface area (Å²) in [6.07, 6.45) is 0.209. The van der Waals surface area contributed by atoms with E-state index in [9.17, 15) is 9.18 Å². The largest absolute Gasteiger partial charge is 0.363 e. The van der Waals surface area contributed by atoms with Gasteiger partial charge >= 0.3 is 0 Å². The molecule has 0 saturated carbocycles. The van der Waals surface area contributed by atoms with Crippen LogP contribution in [0.1, 0.15) is 17.2 Å². The van der Waals surface area contributed by atoms with Gasteiger partial charge in [-0.3, -0.25) is 4.79 Å². The molecule has 4 heteroatoms. The second-order valence-electron chi connectivity index (χ2n) is 4.70. The summed E-state index contributed by atoms with van der Waals surface area (Å²) in [5, 5.41) is 2.75. The standard InChI is InChI=1S/C16H14FNO2/c17-12-5-7-13(8-6-12)18-16(19)15-14-4-2-1-3-11(14)9-10-20-15/h1-8,15H,9-10H2,(H,18,19). The molecule has 0 saturated heterocycles. The second kappa shape index (κ2) is 5.43. The van der Waals surface area contributed by atoms with Crippen molar-refractivity contribution in [2.45, 2.75) is 12.5 Å². The maximum absolute atomic E-state index is 12.8. The topological polar surface area (TPSA) is 38.3 Å². The van der Waals surface area contributed by atoms with E-state index in [1.165, 1.54) is 24.3 Å². The molecule has 20 heavy (non-hydrogen) atoms. The SMILES string of the molecule is O=C(Nc1ccc(F)cc1)C1OCCc2ccccc21. The van der Waals surface area contributed by atoms with Gasteiger partial charge in [0.05, 0.1) is 6.61 Å². The highest BCUT2D eigenvalue weighted by Gasteiger charge is 2.27. The highest BCUT2D eigenvalue weighted by Crippen LogP contribution is 2.28. The average molecular weight is 271 g/mol. The van der Waals surface area contributed by atoms with E-state index in [2.05, 4.69) is 5.32 Å².